The molecule has 216 valence electrons. The molecule has 2 aliphatic rings. The number of carbonyl (C=O) groups is 4. The first kappa shape index (κ1) is 30.4. The van der Waals surface area contributed by atoms with E-state index in [4.69, 9.17) is 9.47 Å². The molecular weight excluding hydrogens is 580 g/mol. The Kier molecular flexibility index (Phi) is 9.72. The smallest absolute Gasteiger partial charge is 0.375 e. The van der Waals surface area contributed by atoms with E-state index in [1.165, 1.54) is 30.2 Å². The molecule has 3 aromatic rings. The molecule has 1 aromatic heterocycles. The van der Waals surface area contributed by atoms with E-state index in [1.807, 2.05) is 6.07 Å². The van der Waals surface area contributed by atoms with Crippen molar-refractivity contribution in [3.8, 4) is 23.4 Å². The fourth-order valence-corrected chi connectivity index (χ4v) is 6.10. The molecule has 3 heterocycles. The number of thiol groups is 1. The number of fused-ring (bicyclic) bond motifs is 1. The molecule has 3 atom stereocenters. The first-order valence-electron chi connectivity index (χ1n) is 12.6. The topological polar surface area (TPSA) is 139 Å². The lowest BCUT2D eigenvalue weighted by Gasteiger charge is -2.44. The molecule has 2 fully saturated rings. The average molecular weight is 607 g/mol. The molecule has 2 aromatic carbocycles. The van der Waals surface area contributed by atoms with Crippen LogP contribution in [-0.2, 0) is 9.59 Å². The van der Waals surface area contributed by atoms with Gasteiger partial charge in [-0.15, -0.1) is 0 Å². The predicted octanol–water partition coefficient (Wildman–Crippen LogP) is 4.72. The molecule has 2 aliphatic heterocycles. The van der Waals surface area contributed by atoms with E-state index in [9.17, 15) is 24.4 Å². The minimum Gasteiger partial charge on any atom is -0.481 e. The predicted molar refractivity (Wildman–Crippen MR) is 156 cm³/mol. The molecule has 13 heteroatoms. The van der Waals surface area contributed by atoms with Crippen LogP contribution in [0.15, 0.2) is 79.0 Å². The number of piperazine rings is 1. The zero-order valence-electron chi connectivity index (χ0n) is 22.6. The first-order valence-corrected chi connectivity index (χ1v) is 13.8. The molecule has 2 saturated heterocycles. The second-order valence-electron chi connectivity index (χ2n) is 9.18. The highest BCUT2D eigenvalue weighted by Gasteiger charge is 2.63. The third kappa shape index (κ3) is 6.67. The highest BCUT2D eigenvalue weighted by atomic mass is 32.2. The molecule has 5 rings (SSSR count). The Hall–Kier alpha value is -4.54. The molecule has 11 nitrogen and oxygen atoms in total. The second kappa shape index (κ2) is 13.4. The van der Waals surface area contributed by atoms with Crippen molar-refractivity contribution in [3.05, 3.63) is 84.6 Å². The zero-order chi connectivity index (χ0) is 30.3. The van der Waals surface area contributed by atoms with E-state index in [0.717, 1.165) is 0 Å². The van der Waals surface area contributed by atoms with Gasteiger partial charge in [-0.1, -0.05) is 55.1 Å². The van der Waals surface area contributed by atoms with Gasteiger partial charge in [0.1, 0.15) is 11.5 Å². The monoisotopic (exact) mass is 606 g/mol. The maximum Gasteiger partial charge on any atom is 0.375 e. The maximum absolute atomic E-state index is 13.4. The number of thioether (sulfide) groups is 1. The van der Waals surface area contributed by atoms with Crippen molar-refractivity contribution < 1.29 is 33.4 Å². The van der Waals surface area contributed by atoms with E-state index in [0.29, 0.717) is 34.7 Å². The van der Waals surface area contributed by atoms with Crippen molar-refractivity contribution >= 4 is 46.8 Å². The number of nitrogens with zero attached hydrogens (tertiary/aromatic N) is 4. The van der Waals surface area contributed by atoms with Gasteiger partial charge in [0.2, 0.25) is 11.8 Å². The molecule has 0 spiro atoms. The number of benzene rings is 2. The number of amides is 2. The van der Waals surface area contributed by atoms with Crippen molar-refractivity contribution in [2.24, 2.45) is 5.92 Å². The first-order chi connectivity index (χ1) is 20.2. The van der Waals surface area contributed by atoms with Crippen LogP contribution < -0.4 is 14.2 Å². The van der Waals surface area contributed by atoms with Gasteiger partial charge < -0.3 is 24.0 Å². The van der Waals surface area contributed by atoms with Gasteiger partial charge in [0, 0.05) is 25.7 Å². The Morgan fingerprint density at radius 1 is 1.02 bits per heavy atom. The van der Waals surface area contributed by atoms with Crippen LogP contribution in [0.5, 0.6) is 17.4 Å². The highest BCUT2D eigenvalue weighted by molar-refractivity contribution is 8.15. The summed E-state index contributed by atoms with van der Waals surface area (Å²) in [5.41, 5.74) is 0.585. The van der Waals surface area contributed by atoms with Gasteiger partial charge in [-0.05, 0) is 41.6 Å². The van der Waals surface area contributed by atoms with Crippen LogP contribution in [-0.4, -0.2) is 62.8 Å². The van der Waals surface area contributed by atoms with Crippen LogP contribution in [0.25, 0.3) is 0 Å². The molecule has 2 amide bonds. The third-order valence-electron chi connectivity index (χ3n) is 6.49. The highest BCUT2D eigenvalue weighted by Crippen LogP contribution is 2.54. The minimum atomic E-state index is -1.58. The summed E-state index contributed by atoms with van der Waals surface area (Å²) in [6.45, 7) is -0.146. The summed E-state index contributed by atoms with van der Waals surface area (Å²) in [5.74, 6) is -0.277. The number of rotatable bonds is 5. The van der Waals surface area contributed by atoms with Gasteiger partial charge in [-0.25, -0.2) is 14.6 Å². The number of ether oxygens (including phenoxy) is 3. The van der Waals surface area contributed by atoms with Crippen LogP contribution in [0, 0.1) is 17.2 Å². The third-order valence-corrected chi connectivity index (χ3v) is 7.70. The fourth-order valence-electron chi connectivity index (χ4n) is 4.76. The summed E-state index contributed by atoms with van der Waals surface area (Å²) < 4.78 is 15.1. The zero-order valence-corrected chi connectivity index (χ0v) is 24.3. The molecule has 0 saturated carbocycles. The number of pyridine rings is 1. The lowest BCUT2D eigenvalue weighted by Crippen LogP contribution is -2.63. The van der Waals surface area contributed by atoms with Crippen molar-refractivity contribution in [2.75, 3.05) is 20.7 Å². The maximum atomic E-state index is 13.4. The van der Waals surface area contributed by atoms with E-state index in [-0.39, 0.29) is 18.9 Å². The summed E-state index contributed by atoms with van der Waals surface area (Å²) in [7, 11) is 2.99. The van der Waals surface area contributed by atoms with Gasteiger partial charge in [-0.2, -0.15) is 5.26 Å². The summed E-state index contributed by atoms with van der Waals surface area (Å²) in [4.78, 5) is 54.8. The molecule has 42 heavy (non-hydrogen) atoms. The average Bonchev–Trinajstić information content (AvgIpc) is 3.32. The molecule has 0 bridgehead atoms. The van der Waals surface area contributed by atoms with Gasteiger partial charge in [0.15, 0.2) is 4.87 Å². The summed E-state index contributed by atoms with van der Waals surface area (Å²) in [5, 5.41) is 8.56. The fraction of sp³-hybridized carbons (Fsp3) is 0.241. The van der Waals surface area contributed by atoms with Crippen LogP contribution in [0.2, 0.25) is 0 Å². The van der Waals surface area contributed by atoms with E-state index in [1.54, 1.807) is 66.7 Å². The van der Waals surface area contributed by atoms with Gasteiger partial charge >= 0.3 is 10.6 Å². The Labute approximate surface area is 251 Å². The standard InChI is InChI=1S/C22H20N4O5S.C7H6O2S/c1-25-13-18(27)26-19(14-8-9-17(30-2)24-12-14)15(11-23)10-22(26,20(25)28)32-21(29)31-16-6-4-3-5-7-16;8-7(10)9-6-4-2-1-3-5-6/h3-9,12,15,19H,10,13H2,1-2H3;1-5H,(H,8,10)/t15?,19-,22-;/m0./s1. The second-order valence-corrected chi connectivity index (χ2v) is 10.8. The summed E-state index contributed by atoms with van der Waals surface area (Å²) >= 11 is 4.08. The van der Waals surface area contributed by atoms with Crippen LogP contribution >= 0.6 is 24.4 Å². The van der Waals surface area contributed by atoms with Crippen molar-refractivity contribution in [2.45, 2.75) is 17.3 Å². The number of carbonyl (C=O) groups excluding carboxylic acids is 4. The van der Waals surface area contributed by atoms with Crippen molar-refractivity contribution in [1.82, 2.24) is 14.8 Å². The lowest BCUT2D eigenvalue weighted by molar-refractivity contribution is -0.156. The van der Waals surface area contributed by atoms with Crippen LogP contribution in [0.4, 0.5) is 9.59 Å². The quantitative estimate of drug-likeness (QED) is 0.321. The Bertz CT molecular complexity index is 1490. The Morgan fingerprint density at radius 3 is 2.17 bits per heavy atom. The molecule has 0 radical (unpaired) electrons. The number of nitriles is 1. The number of para-hydroxylation sites is 2. The molecular formula is C29H26N4O7S2. The molecule has 0 N–H and O–H groups in total. The van der Waals surface area contributed by atoms with E-state index < -0.39 is 33.3 Å². The van der Waals surface area contributed by atoms with E-state index >= 15 is 0 Å². The van der Waals surface area contributed by atoms with E-state index in [2.05, 4.69) is 28.4 Å². The summed E-state index contributed by atoms with van der Waals surface area (Å²) in [6.07, 6.45) is 1.51. The Balaban J connectivity index is 0.000000343. The SMILES string of the molecule is COc1ccc([C@H]2C(C#N)C[C@]3(SC(=O)Oc4ccccc4)C(=O)N(C)CC(=O)N23)cn1.O=C(S)Oc1ccccc1. The van der Waals surface area contributed by atoms with Gasteiger partial charge in [0.25, 0.3) is 5.91 Å². The van der Waals surface area contributed by atoms with Crippen molar-refractivity contribution in [3.63, 3.8) is 0 Å². The van der Waals surface area contributed by atoms with Gasteiger partial charge in [-0.3, -0.25) is 9.59 Å². The lowest BCUT2D eigenvalue weighted by atomic mass is 9.95. The Morgan fingerprint density at radius 2 is 1.64 bits per heavy atom. The van der Waals surface area contributed by atoms with Crippen LogP contribution in [0.3, 0.4) is 0 Å². The largest absolute Gasteiger partial charge is 0.481 e. The van der Waals surface area contributed by atoms with Crippen LogP contribution in [0.1, 0.15) is 18.0 Å². The number of hydrogen-bond acceptors (Lipinski definition) is 10. The number of likely N-dealkylation sites (N-methyl/N-ethyl adjacent to an activating group) is 1. The normalized spacial score (nSPS) is 20.9. The molecule has 0 aliphatic carbocycles. The number of aromatic nitrogens is 1. The summed E-state index contributed by atoms with van der Waals surface area (Å²) in [6, 6.07) is 22.1. The van der Waals surface area contributed by atoms with Crippen molar-refractivity contribution in [1.29, 1.82) is 5.26 Å². The number of hydrogen-bond donors (Lipinski definition) is 1. The number of methoxy groups -OCH3 is 1. The molecule has 1 unspecified atom stereocenters. The van der Waals surface area contributed by atoms with Gasteiger partial charge in [0.05, 0.1) is 31.7 Å². The minimum absolute atomic E-state index is 0.0103.